The number of hydrogen-bond acceptors (Lipinski definition) is 2. The predicted molar refractivity (Wildman–Crippen MR) is 97.9 cm³/mol. The smallest absolute Gasteiger partial charge is 0.336 e. The molecule has 0 saturated heterocycles. The van der Waals surface area contributed by atoms with Crippen LogP contribution < -0.4 is 16.0 Å². The zero-order chi connectivity index (χ0) is 20.2. The van der Waals surface area contributed by atoms with Gasteiger partial charge in [-0.05, 0) is 50.6 Å². The molecule has 0 heterocycles. The Labute approximate surface area is 155 Å². The van der Waals surface area contributed by atoms with Crippen molar-refractivity contribution in [3.05, 3.63) is 59.2 Å². The van der Waals surface area contributed by atoms with Crippen LogP contribution in [0.25, 0.3) is 0 Å². The van der Waals surface area contributed by atoms with Crippen LogP contribution in [0.15, 0.2) is 42.5 Å². The predicted octanol–water partition coefficient (Wildman–Crippen LogP) is 4.80. The Morgan fingerprint density at radius 1 is 1.00 bits per heavy atom. The van der Waals surface area contributed by atoms with E-state index in [0.29, 0.717) is 16.9 Å². The molecule has 3 amide bonds. The highest BCUT2D eigenvalue weighted by Gasteiger charge is 2.31. The van der Waals surface area contributed by atoms with Crippen LogP contribution in [0.4, 0.5) is 29.3 Å². The normalized spacial score (nSPS) is 11.2. The van der Waals surface area contributed by atoms with Crippen LogP contribution in [0, 0.1) is 6.92 Å². The van der Waals surface area contributed by atoms with Gasteiger partial charge in [0, 0.05) is 11.6 Å². The van der Waals surface area contributed by atoms with Crippen molar-refractivity contribution in [3.63, 3.8) is 0 Å². The average molecular weight is 379 g/mol. The first-order valence-electron chi connectivity index (χ1n) is 8.23. The lowest BCUT2D eigenvalue weighted by Gasteiger charge is -2.16. The van der Waals surface area contributed by atoms with Crippen molar-refractivity contribution in [2.45, 2.75) is 33.0 Å². The maximum Gasteiger partial charge on any atom is 0.416 e. The number of halogens is 3. The van der Waals surface area contributed by atoms with Crippen LogP contribution >= 0.6 is 0 Å². The summed E-state index contributed by atoms with van der Waals surface area (Å²) in [4.78, 5) is 24.4. The Hall–Kier alpha value is -3.03. The Morgan fingerprint density at radius 2 is 1.67 bits per heavy atom. The summed E-state index contributed by atoms with van der Waals surface area (Å²) in [5, 5.41) is 7.87. The lowest BCUT2D eigenvalue weighted by molar-refractivity contribution is -0.137. The number of amides is 3. The maximum atomic E-state index is 12.8. The summed E-state index contributed by atoms with van der Waals surface area (Å²) in [7, 11) is 0. The third-order valence-corrected chi connectivity index (χ3v) is 3.63. The quantitative estimate of drug-likeness (QED) is 0.714. The van der Waals surface area contributed by atoms with E-state index in [4.69, 9.17) is 0 Å². The molecule has 2 aromatic rings. The van der Waals surface area contributed by atoms with Gasteiger partial charge in [-0.25, -0.2) is 4.79 Å². The summed E-state index contributed by atoms with van der Waals surface area (Å²) in [5.41, 5.74) is 0.269. The van der Waals surface area contributed by atoms with Gasteiger partial charge >= 0.3 is 12.2 Å². The third kappa shape index (κ3) is 5.47. The summed E-state index contributed by atoms with van der Waals surface area (Å²) in [6.07, 6.45) is -4.54. The number of carbonyl (C=O) groups excluding carboxylic acids is 2. The Bertz CT molecular complexity index is 848. The average Bonchev–Trinajstić information content (AvgIpc) is 2.56. The summed E-state index contributed by atoms with van der Waals surface area (Å²) in [6, 6.07) is 8.61. The third-order valence-electron chi connectivity index (χ3n) is 3.63. The molecule has 5 nitrogen and oxygen atoms in total. The van der Waals surface area contributed by atoms with Gasteiger partial charge in [-0.3, -0.25) is 4.79 Å². The fourth-order valence-corrected chi connectivity index (χ4v) is 2.38. The SMILES string of the molecule is Cc1cccc(NC(=O)NC(C)C)c1NC(=O)c1cccc(C(F)(F)F)c1. The van der Waals surface area contributed by atoms with Gasteiger partial charge in [0.05, 0.1) is 16.9 Å². The molecule has 144 valence electrons. The second-order valence-corrected chi connectivity index (χ2v) is 6.28. The molecular weight excluding hydrogens is 359 g/mol. The van der Waals surface area contributed by atoms with Crippen LogP contribution in [-0.2, 0) is 6.18 Å². The van der Waals surface area contributed by atoms with Crippen molar-refractivity contribution in [2.75, 3.05) is 10.6 Å². The molecule has 0 bridgehead atoms. The molecule has 0 fully saturated rings. The van der Waals surface area contributed by atoms with Gasteiger partial charge in [-0.1, -0.05) is 18.2 Å². The van der Waals surface area contributed by atoms with Gasteiger partial charge in [0.2, 0.25) is 0 Å². The van der Waals surface area contributed by atoms with Crippen molar-refractivity contribution in [2.24, 2.45) is 0 Å². The topological polar surface area (TPSA) is 70.2 Å². The van der Waals surface area contributed by atoms with E-state index >= 15 is 0 Å². The molecule has 8 heteroatoms. The van der Waals surface area contributed by atoms with Gasteiger partial charge in [0.15, 0.2) is 0 Å². The lowest BCUT2D eigenvalue weighted by atomic mass is 10.1. The first kappa shape index (κ1) is 20.3. The number of benzene rings is 2. The zero-order valence-corrected chi connectivity index (χ0v) is 15.1. The lowest BCUT2D eigenvalue weighted by Crippen LogP contribution is -2.34. The second-order valence-electron chi connectivity index (χ2n) is 6.28. The Balaban J connectivity index is 2.27. The molecule has 0 aliphatic rings. The number of carbonyl (C=O) groups is 2. The number of urea groups is 1. The molecule has 0 unspecified atom stereocenters. The minimum atomic E-state index is -4.54. The molecule has 3 N–H and O–H groups in total. The van der Waals surface area contributed by atoms with E-state index in [9.17, 15) is 22.8 Å². The molecular formula is C19H20F3N3O2. The summed E-state index contributed by atoms with van der Waals surface area (Å²) >= 11 is 0. The van der Waals surface area contributed by atoms with Crippen LogP contribution in [0.1, 0.15) is 35.3 Å². The van der Waals surface area contributed by atoms with Gasteiger partial charge < -0.3 is 16.0 Å². The largest absolute Gasteiger partial charge is 0.416 e. The number of para-hydroxylation sites is 1. The summed E-state index contributed by atoms with van der Waals surface area (Å²) in [5.74, 6) is -0.706. The van der Waals surface area contributed by atoms with Gasteiger partial charge in [0.25, 0.3) is 5.91 Å². The van der Waals surface area contributed by atoms with Crippen molar-refractivity contribution in [1.29, 1.82) is 0 Å². The van der Waals surface area contributed by atoms with Crippen molar-refractivity contribution in [1.82, 2.24) is 5.32 Å². The molecule has 27 heavy (non-hydrogen) atoms. The Morgan fingerprint density at radius 3 is 2.30 bits per heavy atom. The van der Waals surface area contributed by atoms with Gasteiger partial charge in [0.1, 0.15) is 0 Å². The van der Waals surface area contributed by atoms with Crippen LogP contribution in [0.5, 0.6) is 0 Å². The molecule has 0 aliphatic heterocycles. The van der Waals surface area contributed by atoms with Crippen molar-refractivity contribution in [3.8, 4) is 0 Å². The molecule has 2 aromatic carbocycles. The van der Waals surface area contributed by atoms with E-state index in [2.05, 4.69) is 16.0 Å². The maximum absolute atomic E-state index is 12.8. The number of hydrogen-bond donors (Lipinski definition) is 3. The second kappa shape index (κ2) is 8.11. The number of aryl methyl sites for hydroxylation is 1. The molecule has 0 radical (unpaired) electrons. The first-order chi connectivity index (χ1) is 12.6. The molecule has 0 aromatic heterocycles. The summed E-state index contributed by atoms with van der Waals surface area (Å²) in [6.45, 7) is 5.31. The molecule has 2 rings (SSSR count). The molecule has 0 saturated carbocycles. The highest BCUT2D eigenvalue weighted by molar-refractivity contribution is 6.07. The number of anilines is 2. The van der Waals surface area contributed by atoms with Gasteiger partial charge in [-0.2, -0.15) is 13.2 Å². The van der Waals surface area contributed by atoms with Gasteiger partial charge in [-0.15, -0.1) is 0 Å². The highest BCUT2D eigenvalue weighted by Crippen LogP contribution is 2.30. The fraction of sp³-hybridized carbons (Fsp3) is 0.263. The van der Waals surface area contributed by atoms with E-state index in [-0.39, 0.29) is 11.6 Å². The van der Waals surface area contributed by atoms with E-state index in [1.165, 1.54) is 12.1 Å². The Kier molecular flexibility index (Phi) is 6.09. The first-order valence-corrected chi connectivity index (χ1v) is 8.23. The van der Waals surface area contributed by atoms with E-state index in [0.717, 1.165) is 12.1 Å². The molecule has 0 spiro atoms. The number of nitrogens with one attached hydrogen (secondary N) is 3. The fourth-order valence-electron chi connectivity index (χ4n) is 2.38. The van der Waals surface area contributed by atoms with E-state index in [1.807, 2.05) is 0 Å². The van der Waals surface area contributed by atoms with Crippen molar-refractivity contribution >= 4 is 23.3 Å². The molecule has 0 aliphatic carbocycles. The van der Waals surface area contributed by atoms with Crippen molar-refractivity contribution < 1.29 is 22.8 Å². The van der Waals surface area contributed by atoms with E-state index < -0.39 is 23.7 Å². The molecule has 0 atom stereocenters. The number of alkyl halides is 3. The van der Waals surface area contributed by atoms with Crippen LogP contribution in [-0.4, -0.2) is 18.0 Å². The minimum Gasteiger partial charge on any atom is -0.336 e. The zero-order valence-electron chi connectivity index (χ0n) is 15.1. The van der Waals surface area contributed by atoms with Crippen LogP contribution in [0.2, 0.25) is 0 Å². The standard InChI is InChI=1S/C19H20F3N3O2/c1-11(2)23-18(27)24-15-9-4-6-12(3)16(15)25-17(26)13-7-5-8-14(10-13)19(20,21)22/h4-11H,1-3H3,(H,25,26)(H2,23,24,27). The summed E-state index contributed by atoms with van der Waals surface area (Å²) < 4.78 is 38.5. The minimum absolute atomic E-state index is 0.0852. The highest BCUT2D eigenvalue weighted by atomic mass is 19.4. The van der Waals surface area contributed by atoms with E-state index in [1.54, 1.807) is 39.0 Å². The monoisotopic (exact) mass is 379 g/mol. The van der Waals surface area contributed by atoms with Crippen LogP contribution in [0.3, 0.4) is 0 Å². The number of rotatable bonds is 4.